The van der Waals surface area contributed by atoms with Crippen molar-refractivity contribution in [1.29, 1.82) is 0 Å². The number of allylic oxidation sites excluding steroid dienone is 1. The number of nitrogens with one attached hydrogen (secondary N) is 1. The van der Waals surface area contributed by atoms with Crippen molar-refractivity contribution < 1.29 is 9.53 Å². The SMILES string of the molecule is C=CCCC/C=N/NC(=O)OCCCC. The molecule has 86 valence electrons. The lowest BCUT2D eigenvalue weighted by atomic mass is 10.2. The number of carbonyl (C=O) groups excluding carboxylic acids is 1. The first-order valence-electron chi connectivity index (χ1n) is 5.36. The highest BCUT2D eigenvalue weighted by atomic mass is 16.5. The van der Waals surface area contributed by atoms with Crippen molar-refractivity contribution in [2.24, 2.45) is 5.10 Å². The second-order valence-corrected chi connectivity index (χ2v) is 3.13. The molecule has 1 amide bonds. The third-order valence-corrected chi connectivity index (χ3v) is 1.72. The average Bonchev–Trinajstić information content (AvgIpc) is 2.23. The Balaban J connectivity index is 3.32. The molecule has 0 bridgehead atoms. The lowest BCUT2D eigenvalue weighted by Gasteiger charge is -2.01. The van der Waals surface area contributed by atoms with E-state index in [-0.39, 0.29) is 0 Å². The predicted octanol–water partition coefficient (Wildman–Crippen LogP) is 2.85. The summed E-state index contributed by atoms with van der Waals surface area (Å²) in [5, 5.41) is 3.74. The zero-order valence-electron chi connectivity index (χ0n) is 9.37. The van der Waals surface area contributed by atoms with E-state index in [1.807, 2.05) is 13.0 Å². The first kappa shape index (κ1) is 13.7. The highest BCUT2D eigenvalue weighted by molar-refractivity contribution is 5.68. The average molecular weight is 212 g/mol. The first-order chi connectivity index (χ1) is 7.31. The Bertz CT molecular complexity index is 203. The van der Waals surface area contributed by atoms with E-state index in [0.717, 1.165) is 32.1 Å². The summed E-state index contributed by atoms with van der Waals surface area (Å²) < 4.78 is 4.83. The van der Waals surface area contributed by atoms with Crippen LogP contribution in [0.15, 0.2) is 17.8 Å². The number of rotatable bonds is 8. The fourth-order valence-corrected chi connectivity index (χ4v) is 0.858. The zero-order valence-corrected chi connectivity index (χ0v) is 9.37. The van der Waals surface area contributed by atoms with Crippen LogP contribution in [-0.2, 0) is 4.74 Å². The summed E-state index contributed by atoms with van der Waals surface area (Å²) in [6.07, 6.45) is 7.75. The molecule has 0 heterocycles. The predicted molar refractivity (Wildman–Crippen MR) is 61.9 cm³/mol. The van der Waals surface area contributed by atoms with Crippen molar-refractivity contribution >= 4 is 12.3 Å². The minimum absolute atomic E-state index is 0.453. The monoisotopic (exact) mass is 212 g/mol. The second-order valence-electron chi connectivity index (χ2n) is 3.13. The molecule has 0 aromatic rings. The van der Waals surface area contributed by atoms with E-state index in [4.69, 9.17) is 4.74 Å². The van der Waals surface area contributed by atoms with Crippen LogP contribution in [0.25, 0.3) is 0 Å². The summed E-state index contributed by atoms with van der Waals surface area (Å²) in [5.74, 6) is 0. The van der Waals surface area contributed by atoms with Gasteiger partial charge >= 0.3 is 6.09 Å². The van der Waals surface area contributed by atoms with E-state index in [9.17, 15) is 4.79 Å². The van der Waals surface area contributed by atoms with Crippen LogP contribution in [-0.4, -0.2) is 18.9 Å². The Morgan fingerprint density at radius 3 is 2.93 bits per heavy atom. The first-order valence-corrected chi connectivity index (χ1v) is 5.36. The van der Waals surface area contributed by atoms with Gasteiger partial charge in [-0.15, -0.1) is 6.58 Å². The summed E-state index contributed by atoms with van der Waals surface area (Å²) in [7, 11) is 0. The van der Waals surface area contributed by atoms with Gasteiger partial charge in [0.15, 0.2) is 0 Å². The molecule has 0 rings (SSSR count). The molecule has 0 aliphatic rings. The molecule has 15 heavy (non-hydrogen) atoms. The molecule has 0 radical (unpaired) electrons. The minimum Gasteiger partial charge on any atom is -0.448 e. The van der Waals surface area contributed by atoms with Gasteiger partial charge in [0.25, 0.3) is 0 Å². The van der Waals surface area contributed by atoms with E-state index in [2.05, 4.69) is 17.1 Å². The van der Waals surface area contributed by atoms with Crippen molar-refractivity contribution in [3.63, 3.8) is 0 Å². The molecular formula is C11H20N2O2. The number of amides is 1. The van der Waals surface area contributed by atoms with Crippen molar-refractivity contribution in [3.05, 3.63) is 12.7 Å². The van der Waals surface area contributed by atoms with Gasteiger partial charge in [0.1, 0.15) is 0 Å². The van der Waals surface area contributed by atoms with Crippen molar-refractivity contribution in [2.75, 3.05) is 6.61 Å². The Labute approximate surface area is 91.4 Å². The maximum Gasteiger partial charge on any atom is 0.427 e. The molecule has 0 fully saturated rings. The Morgan fingerprint density at radius 2 is 2.27 bits per heavy atom. The van der Waals surface area contributed by atoms with Crippen molar-refractivity contribution in [1.82, 2.24) is 5.43 Å². The highest BCUT2D eigenvalue weighted by Crippen LogP contribution is 1.92. The highest BCUT2D eigenvalue weighted by Gasteiger charge is 1.96. The topological polar surface area (TPSA) is 50.7 Å². The molecule has 0 aliphatic carbocycles. The normalized spacial score (nSPS) is 10.2. The van der Waals surface area contributed by atoms with Crippen LogP contribution in [0.2, 0.25) is 0 Å². The number of hydrogen-bond donors (Lipinski definition) is 1. The molecule has 0 aromatic heterocycles. The van der Waals surface area contributed by atoms with Gasteiger partial charge in [0.2, 0.25) is 0 Å². The Kier molecular flexibility index (Phi) is 9.81. The lowest BCUT2D eigenvalue weighted by Crippen LogP contribution is -2.19. The van der Waals surface area contributed by atoms with Crippen LogP contribution < -0.4 is 5.43 Å². The summed E-state index contributed by atoms with van der Waals surface area (Å²) >= 11 is 0. The Morgan fingerprint density at radius 1 is 1.47 bits per heavy atom. The van der Waals surface area contributed by atoms with Gasteiger partial charge < -0.3 is 4.74 Å². The standard InChI is InChI=1S/C11H20N2O2/c1-3-5-7-8-9-12-13-11(14)15-10-6-4-2/h3,9H,1,4-8,10H2,2H3,(H,13,14)/b12-9+. The fraction of sp³-hybridized carbons (Fsp3) is 0.636. The quantitative estimate of drug-likeness (QED) is 0.291. The van der Waals surface area contributed by atoms with E-state index in [0.29, 0.717) is 6.61 Å². The number of hydrazone groups is 1. The summed E-state index contributed by atoms with van der Waals surface area (Å²) in [6.45, 7) is 6.11. The molecule has 0 saturated heterocycles. The number of ether oxygens (including phenoxy) is 1. The van der Waals surface area contributed by atoms with Crippen LogP contribution in [0.4, 0.5) is 4.79 Å². The van der Waals surface area contributed by atoms with Crippen LogP contribution >= 0.6 is 0 Å². The number of unbranched alkanes of at least 4 members (excludes halogenated alkanes) is 3. The van der Waals surface area contributed by atoms with Gasteiger partial charge in [0.05, 0.1) is 6.61 Å². The van der Waals surface area contributed by atoms with E-state index < -0.39 is 6.09 Å². The van der Waals surface area contributed by atoms with Gasteiger partial charge in [-0.2, -0.15) is 5.10 Å². The molecule has 4 nitrogen and oxygen atoms in total. The largest absolute Gasteiger partial charge is 0.448 e. The van der Waals surface area contributed by atoms with Crippen LogP contribution in [0.3, 0.4) is 0 Å². The zero-order chi connectivity index (χ0) is 11.4. The summed E-state index contributed by atoms with van der Waals surface area (Å²) in [6, 6.07) is 0. The molecule has 0 unspecified atom stereocenters. The van der Waals surface area contributed by atoms with Gasteiger partial charge in [-0.05, 0) is 25.7 Å². The van der Waals surface area contributed by atoms with Crippen LogP contribution in [0.1, 0.15) is 39.0 Å². The van der Waals surface area contributed by atoms with Crippen LogP contribution in [0, 0.1) is 0 Å². The maximum absolute atomic E-state index is 10.9. The molecule has 0 saturated carbocycles. The van der Waals surface area contributed by atoms with Crippen molar-refractivity contribution in [2.45, 2.75) is 39.0 Å². The number of carbonyl (C=O) groups is 1. The van der Waals surface area contributed by atoms with E-state index in [1.54, 1.807) is 6.21 Å². The number of nitrogens with zero attached hydrogens (tertiary/aromatic N) is 1. The summed E-state index contributed by atoms with van der Waals surface area (Å²) in [5.41, 5.74) is 2.30. The molecule has 1 N–H and O–H groups in total. The fourth-order valence-electron chi connectivity index (χ4n) is 0.858. The third kappa shape index (κ3) is 10.6. The molecule has 0 spiro atoms. The smallest absolute Gasteiger partial charge is 0.427 e. The second kappa shape index (κ2) is 10.8. The van der Waals surface area contributed by atoms with Gasteiger partial charge in [-0.25, -0.2) is 10.2 Å². The van der Waals surface area contributed by atoms with Crippen molar-refractivity contribution in [3.8, 4) is 0 Å². The Hall–Kier alpha value is -1.32. The molecule has 0 atom stereocenters. The van der Waals surface area contributed by atoms with Gasteiger partial charge in [0, 0.05) is 6.21 Å². The lowest BCUT2D eigenvalue weighted by molar-refractivity contribution is 0.145. The molecule has 0 aliphatic heterocycles. The van der Waals surface area contributed by atoms with Gasteiger partial charge in [-0.1, -0.05) is 19.4 Å². The number of hydrogen-bond acceptors (Lipinski definition) is 3. The molecule has 4 heteroatoms. The molecule has 0 aromatic carbocycles. The minimum atomic E-state index is -0.483. The summed E-state index contributed by atoms with van der Waals surface area (Å²) in [4.78, 5) is 10.9. The van der Waals surface area contributed by atoms with E-state index >= 15 is 0 Å². The van der Waals surface area contributed by atoms with E-state index in [1.165, 1.54) is 0 Å². The third-order valence-electron chi connectivity index (χ3n) is 1.72. The molecular weight excluding hydrogens is 192 g/mol. The van der Waals surface area contributed by atoms with Gasteiger partial charge in [-0.3, -0.25) is 0 Å². The van der Waals surface area contributed by atoms with Crippen LogP contribution in [0.5, 0.6) is 0 Å². The maximum atomic E-state index is 10.9.